The van der Waals surface area contributed by atoms with Gasteiger partial charge in [0, 0.05) is 30.4 Å². The van der Waals surface area contributed by atoms with Crippen LogP contribution in [0, 0.1) is 0 Å². The predicted molar refractivity (Wildman–Crippen MR) is 103 cm³/mol. The number of hydrogen-bond donors (Lipinski definition) is 2. The molecule has 0 radical (unpaired) electrons. The van der Waals surface area contributed by atoms with Crippen molar-refractivity contribution < 1.29 is 0 Å². The standard InChI is InChI=1S/C14H22ClN3S.HI/c1-11(19-3)10-18-14(16-2)17-9-8-12-4-6-13(15)7-5-12;/h4-7,11H,8-10H2,1-3H3,(H2,16,17,18);1H. The van der Waals surface area contributed by atoms with Crippen molar-refractivity contribution in [3.63, 3.8) is 0 Å². The second-order valence-electron chi connectivity index (χ2n) is 4.30. The van der Waals surface area contributed by atoms with Gasteiger partial charge in [-0.3, -0.25) is 4.99 Å². The van der Waals surface area contributed by atoms with Crippen molar-refractivity contribution in [3.05, 3.63) is 34.9 Å². The number of rotatable bonds is 6. The van der Waals surface area contributed by atoms with Gasteiger partial charge in [0.25, 0.3) is 0 Å². The van der Waals surface area contributed by atoms with E-state index in [2.05, 4.69) is 40.9 Å². The maximum atomic E-state index is 5.86. The molecule has 0 aliphatic carbocycles. The Bertz CT molecular complexity index is 398. The second kappa shape index (κ2) is 11.5. The fourth-order valence-electron chi connectivity index (χ4n) is 1.52. The van der Waals surface area contributed by atoms with Gasteiger partial charge in [0.15, 0.2) is 5.96 Å². The van der Waals surface area contributed by atoms with Gasteiger partial charge >= 0.3 is 0 Å². The summed E-state index contributed by atoms with van der Waals surface area (Å²) in [5.41, 5.74) is 1.27. The first kappa shape index (κ1) is 19.9. The largest absolute Gasteiger partial charge is 0.356 e. The summed E-state index contributed by atoms with van der Waals surface area (Å²) >= 11 is 7.70. The number of hydrogen-bond acceptors (Lipinski definition) is 2. The minimum absolute atomic E-state index is 0. The summed E-state index contributed by atoms with van der Waals surface area (Å²) in [6.45, 7) is 3.97. The lowest BCUT2D eigenvalue weighted by molar-refractivity contribution is 0.781. The van der Waals surface area contributed by atoms with Crippen LogP contribution in [0.3, 0.4) is 0 Å². The lowest BCUT2D eigenvalue weighted by Gasteiger charge is -2.14. The van der Waals surface area contributed by atoms with Gasteiger partial charge in [-0.25, -0.2) is 0 Å². The summed E-state index contributed by atoms with van der Waals surface area (Å²) in [5, 5.41) is 7.98. The van der Waals surface area contributed by atoms with Gasteiger partial charge in [-0.15, -0.1) is 24.0 Å². The van der Waals surface area contributed by atoms with E-state index >= 15 is 0 Å². The molecule has 0 amide bonds. The highest BCUT2D eigenvalue weighted by Crippen LogP contribution is 2.09. The zero-order valence-corrected chi connectivity index (χ0v) is 16.1. The molecule has 2 N–H and O–H groups in total. The van der Waals surface area contributed by atoms with E-state index in [1.54, 1.807) is 7.05 Å². The fourth-order valence-corrected chi connectivity index (χ4v) is 1.90. The molecule has 0 aliphatic heterocycles. The van der Waals surface area contributed by atoms with Crippen LogP contribution in [0.15, 0.2) is 29.3 Å². The van der Waals surface area contributed by atoms with Crippen LogP contribution < -0.4 is 10.6 Å². The molecule has 1 atom stereocenters. The molecule has 0 saturated carbocycles. The molecular weight excluding hydrogens is 405 g/mol. The molecule has 1 rings (SSSR count). The Balaban J connectivity index is 0.00000361. The summed E-state index contributed by atoms with van der Waals surface area (Å²) in [4.78, 5) is 4.20. The molecule has 0 heterocycles. The number of benzene rings is 1. The molecule has 0 fully saturated rings. The summed E-state index contributed by atoms with van der Waals surface area (Å²) in [6.07, 6.45) is 3.07. The highest BCUT2D eigenvalue weighted by Gasteiger charge is 2.01. The SMILES string of the molecule is CN=C(NCCc1ccc(Cl)cc1)NCC(C)SC.I. The van der Waals surface area contributed by atoms with Crippen LogP contribution in [0.1, 0.15) is 12.5 Å². The molecule has 1 aromatic rings. The van der Waals surface area contributed by atoms with Crippen molar-refractivity contribution in [2.45, 2.75) is 18.6 Å². The van der Waals surface area contributed by atoms with Gasteiger partial charge < -0.3 is 10.6 Å². The van der Waals surface area contributed by atoms with Crippen LogP contribution in [0.2, 0.25) is 5.02 Å². The lowest BCUT2D eigenvalue weighted by Crippen LogP contribution is -2.40. The number of thioether (sulfide) groups is 1. The Morgan fingerprint density at radius 2 is 1.95 bits per heavy atom. The summed E-state index contributed by atoms with van der Waals surface area (Å²) in [6, 6.07) is 7.94. The normalized spacial score (nSPS) is 12.5. The minimum Gasteiger partial charge on any atom is -0.356 e. The third kappa shape index (κ3) is 8.21. The van der Waals surface area contributed by atoms with E-state index in [1.165, 1.54) is 5.56 Å². The highest BCUT2D eigenvalue weighted by atomic mass is 127. The predicted octanol–water partition coefficient (Wildman–Crippen LogP) is 3.42. The van der Waals surface area contributed by atoms with Gasteiger partial charge in [0.1, 0.15) is 0 Å². The average Bonchev–Trinajstić information content (AvgIpc) is 2.44. The van der Waals surface area contributed by atoms with Crippen LogP contribution in [0.25, 0.3) is 0 Å². The number of guanidine groups is 1. The molecule has 20 heavy (non-hydrogen) atoms. The van der Waals surface area contributed by atoms with E-state index in [4.69, 9.17) is 11.6 Å². The van der Waals surface area contributed by atoms with Gasteiger partial charge in [-0.2, -0.15) is 11.8 Å². The zero-order valence-electron chi connectivity index (χ0n) is 12.1. The van der Waals surface area contributed by atoms with E-state index in [1.807, 2.05) is 23.9 Å². The Morgan fingerprint density at radius 1 is 1.30 bits per heavy atom. The van der Waals surface area contributed by atoms with E-state index in [-0.39, 0.29) is 24.0 Å². The first-order valence-corrected chi connectivity index (χ1v) is 8.04. The van der Waals surface area contributed by atoms with Crippen molar-refractivity contribution >= 4 is 53.3 Å². The van der Waals surface area contributed by atoms with Crippen molar-refractivity contribution in [3.8, 4) is 0 Å². The fraction of sp³-hybridized carbons (Fsp3) is 0.500. The van der Waals surface area contributed by atoms with Crippen LogP contribution in [0.4, 0.5) is 0 Å². The molecule has 6 heteroatoms. The quantitative estimate of drug-likeness (QED) is 0.415. The van der Waals surface area contributed by atoms with E-state index in [9.17, 15) is 0 Å². The van der Waals surface area contributed by atoms with Crippen LogP contribution in [-0.2, 0) is 6.42 Å². The van der Waals surface area contributed by atoms with E-state index in [0.717, 1.165) is 30.5 Å². The van der Waals surface area contributed by atoms with Crippen molar-refractivity contribution in [1.82, 2.24) is 10.6 Å². The molecule has 0 spiro atoms. The Labute approximate surface area is 148 Å². The topological polar surface area (TPSA) is 36.4 Å². The number of halogens is 2. The highest BCUT2D eigenvalue weighted by molar-refractivity contribution is 14.0. The van der Waals surface area contributed by atoms with Crippen molar-refractivity contribution in [1.29, 1.82) is 0 Å². The average molecular weight is 428 g/mol. The lowest BCUT2D eigenvalue weighted by atomic mass is 10.1. The second-order valence-corrected chi connectivity index (χ2v) is 6.02. The molecular formula is C14H23ClIN3S. The van der Waals surface area contributed by atoms with E-state index in [0.29, 0.717) is 5.25 Å². The minimum atomic E-state index is 0. The molecule has 1 unspecified atom stereocenters. The monoisotopic (exact) mass is 427 g/mol. The van der Waals surface area contributed by atoms with E-state index < -0.39 is 0 Å². The Hall–Kier alpha value is -0.140. The summed E-state index contributed by atoms with van der Waals surface area (Å²) < 4.78 is 0. The molecule has 114 valence electrons. The number of nitrogens with one attached hydrogen (secondary N) is 2. The molecule has 3 nitrogen and oxygen atoms in total. The van der Waals surface area contributed by atoms with Crippen LogP contribution in [0.5, 0.6) is 0 Å². The third-order valence-corrected chi connectivity index (χ3v) is 4.03. The van der Waals surface area contributed by atoms with Gasteiger partial charge in [0.2, 0.25) is 0 Å². The zero-order chi connectivity index (χ0) is 14.1. The van der Waals surface area contributed by atoms with Gasteiger partial charge in [0.05, 0.1) is 0 Å². The summed E-state index contributed by atoms with van der Waals surface area (Å²) in [5.74, 6) is 0.856. The summed E-state index contributed by atoms with van der Waals surface area (Å²) in [7, 11) is 1.79. The van der Waals surface area contributed by atoms with Crippen LogP contribution in [-0.4, -0.2) is 37.6 Å². The molecule has 0 bridgehead atoms. The molecule has 0 aromatic heterocycles. The van der Waals surface area contributed by atoms with Crippen molar-refractivity contribution in [2.75, 3.05) is 26.4 Å². The molecule has 0 aliphatic rings. The molecule has 1 aromatic carbocycles. The third-order valence-electron chi connectivity index (χ3n) is 2.80. The van der Waals surface area contributed by atoms with Gasteiger partial charge in [-0.1, -0.05) is 30.7 Å². The van der Waals surface area contributed by atoms with Crippen molar-refractivity contribution in [2.24, 2.45) is 4.99 Å². The smallest absolute Gasteiger partial charge is 0.191 e. The number of nitrogens with zero attached hydrogens (tertiary/aromatic N) is 1. The Kier molecular flexibility index (Phi) is 11.4. The van der Waals surface area contributed by atoms with Gasteiger partial charge in [-0.05, 0) is 30.4 Å². The maximum Gasteiger partial charge on any atom is 0.191 e. The molecule has 0 saturated heterocycles. The maximum absolute atomic E-state index is 5.86. The number of aliphatic imine (C=N–C) groups is 1. The first-order chi connectivity index (χ1) is 9.15. The first-order valence-electron chi connectivity index (χ1n) is 6.37. The van der Waals surface area contributed by atoms with Crippen LogP contribution >= 0.6 is 47.3 Å². The Morgan fingerprint density at radius 3 is 2.50 bits per heavy atom.